The molecule has 1 saturated carbocycles. The van der Waals surface area contributed by atoms with Gasteiger partial charge in [0.15, 0.2) is 0 Å². The van der Waals surface area contributed by atoms with Gasteiger partial charge in [-0.05, 0) is 12.8 Å². The van der Waals surface area contributed by atoms with Crippen molar-refractivity contribution in [1.29, 1.82) is 0 Å². The Kier molecular flexibility index (Phi) is 3.61. The van der Waals surface area contributed by atoms with Gasteiger partial charge in [-0.1, -0.05) is 0 Å². The number of rotatable bonds is 6. The molecular formula is C11H13N3O5. The molecule has 1 aliphatic rings. The lowest BCUT2D eigenvalue weighted by molar-refractivity contribution is -0.385. The highest BCUT2D eigenvalue weighted by molar-refractivity contribution is 5.94. The Hall–Kier alpha value is -2.22. The van der Waals surface area contributed by atoms with Crippen LogP contribution < -0.4 is 4.90 Å². The van der Waals surface area contributed by atoms with Crippen LogP contribution in [-0.4, -0.2) is 45.3 Å². The summed E-state index contributed by atoms with van der Waals surface area (Å²) in [6, 6.07) is 1.15. The maximum absolute atomic E-state index is 11.2. The highest BCUT2D eigenvalue weighted by Crippen LogP contribution is 2.33. The molecule has 0 saturated heterocycles. The number of aromatic carboxylic acids is 1. The summed E-state index contributed by atoms with van der Waals surface area (Å²) < 4.78 is 0. The van der Waals surface area contributed by atoms with Crippen molar-refractivity contribution in [1.82, 2.24) is 4.98 Å². The molecule has 1 fully saturated rings. The smallest absolute Gasteiger partial charge is 0.339 e. The zero-order valence-electron chi connectivity index (χ0n) is 10.0. The first-order chi connectivity index (χ1) is 9.04. The first kappa shape index (κ1) is 13.2. The van der Waals surface area contributed by atoms with Crippen molar-refractivity contribution >= 4 is 17.5 Å². The van der Waals surface area contributed by atoms with E-state index < -0.39 is 10.9 Å². The van der Waals surface area contributed by atoms with Gasteiger partial charge in [-0.25, -0.2) is 9.78 Å². The summed E-state index contributed by atoms with van der Waals surface area (Å²) in [6.07, 6.45) is 2.84. The molecular weight excluding hydrogens is 254 g/mol. The van der Waals surface area contributed by atoms with Crippen molar-refractivity contribution < 1.29 is 19.9 Å². The molecule has 0 aromatic carbocycles. The second-order valence-electron chi connectivity index (χ2n) is 4.28. The third kappa shape index (κ3) is 2.79. The normalized spacial score (nSPS) is 14.2. The molecule has 0 atom stereocenters. The Morgan fingerprint density at radius 3 is 2.74 bits per heavy atom. The van der Waals surface area contributed by atoms with Crippen LogP contribution in [0.2, 0.25) is 0 Å². The lowest BCUT2D eigenvalue weighted by atomic mass is 10.2. The molecule has 0 radical (unpaired) electrons. The Labute approximate surface area is 108 Å². The molecule has 8 heteroatoms. The number of aromatic nitrogens is 1. The maximum atomic E-state index is 11.2. The number of nitrogens with zero attached hydrogens (tertiary/aromatic N) is 3. The molecule has 2 N–H and O–H groups in total. The van der Waals surface area contributed by atoms with Gasteiger partial charge < -0.3 is 15.1 Å². The van der Waals surface area contributed by atoms with Gasteiger partial charge in [0.1, 0.15) is 17.6 Å². The SMILES string of the molecule is O=C(O)c1cc([N+](=O)[O-])cnc1N(CCO)C1CC1. The number of carboxylic acids is 1. The molecule has 0 bridgehead atoms. The van der Waals surface area contributed by atoms with Gasteiger partial charge in [0.25, 0.3) is 5.69 Å². The van der Waals surface area contributed by atoms with Gasteiger partial charge in [0, 0.05) is 18.7 Å². The van der Waals surface area contributed by atoms with E-state index in [0.29, 0.717) is 0 Å². The molecule has 0 amide bonds. The van der Waals surface area contributed by atoms with Crippen LogP contribution >= 0.6 is 0 Å². The van der Waals surface area contributed by atoms with Crippen LogP contribution in [0.25, 0.3) is 0 Å². The fourth-order valence-electron chi connectivity index (χ4n) is 1.89. The Bertz CT molecular complexity index is 515. The molecule has 1 heterocycles. The molecule has 2 rings (SSSR count). The fourth-order valence-corrected chi connectivity index (χ4v) is 1.89. The zero-order valence-corrected chi connectivity index (χ0v) is 10.0. The van der Waals surface area contributed by atoms with E-state index in [0.717, 1.165) is 25.1 Å². The van der Waals surface area contributed by atoms with Crippen molar-refractivity contribution in [3.63, 3.8) is 0 Å². The first-order valence-electron chi connectivity index (χ1n) is 5.80. The Balaban J connectivity index is 2.42. The zero-order chi connectivity index (χ0) is 14.0. The maximum Gasteiger partial charge on any atom is 0.339 e. The standard InChI is InChI=1S/C11H13N3O5/c15-4-3-13(7-1-2-7)10-9(11(16)17)5-8(6-12-10)14(18)19/h5-7,15H,1-4H2,(H,16,17). The van der Waals surface area contributed by atoms with Crippen LogP contribution in [0, 0.1) is 10.1 Å². The number of hydrogen-bond acceptors (Lipinski definition) is 6. The van der Waals surface area contributed by atoms with E-state index in [1.165, 1.54) is 0 Å². The van der Waals surface area contributed by atoms with Gasteiger partial charge >= 0.3 is 5.97 Å². The van der Waals surface area contributed by atoms with E-state index in [4.69, 9.17) is 10.2 Å². The number of carbonyl (C=O) groups is 1. The van der Waals surface area contributed by atoms with Crippen molar-refractivity contribution in [2.45, 2.75) is 18.9 Å². The number of hydrogen-bond donors (Lipinski definition) is 2. The lowest BCUT2D eigenvalue weighted by Gasteiger charge is -2.23. The third-order valence-electron chi connectivity index (χ3n) is 2.89. The molecule has 0 aliphatic heterocycles. The minimum absolute atomic E-state index is 0.131. The Morgan fingerprint density at radius 1 is 1.58 bits per heavy atom. The average molecular weight is 267 g/mol. The molecule has 102 valence electrons. The fraction of sp³-hybridized carbons (Fsp3) is 0.455. The monoisotopic (exact) mass is 267 g/mol. The van der Waals surface area contributed by atoms with Crippen LogP contribution in [0.4, 0.5) is 11.5 Å². The highest BCUT2D eigenvalue weighted by Gasteiger charge is 2.32. The van der Waals surface area contributed by atoms with E-state index in [2.05, 4.69) is 4.98 Å². The summed E-state index contributed by atoms with van der Waals surface area (Å²) in [4.78, 5) is 26.7. The van der Waals surface area contributed by atoms with Gasteiger partial charge in [-0.3, -0.25) is 10.1 Å². The predicted molar refractivity (Wildman–Crippen MR) is 65.3 cm³/mol. The topological polar surface area (TPSA) is 117 Å². The summed E-state index contributed by atoms with van der Waals surface area (Å²) in [5.41, 5.74) is -0.574. The van der Waals surface area contributed by atoms with Crippen LogP contribution in [0.3, 0.4) is 0 Å². The minimum Gasteiger partial charge on any atom is -0.478 e. The molecule has 0 spiro atoms. The van der Waals surface area contributed by atoms with E-state index in [1.54, 1.807) is 4.90 Å². The lowest BCUT2D eigenvalue weighted by Crippen LogP contribution is -2.31. The molecule has 1 aromatic heterocycles. The molecule has 1 aromatic rings. The van der Waals surface area contributed by atoms with Crippen LogP contribution in [-0.2, 0) is 0 Å². The number of aliphatic hydroxyl groups excluding tert-OH is 1. The van der Waals surface area contributed by atoms with E-state index in [9.17, 15) is 14.9 Å². The van der Waals surface area contributed by atoms with Crippen molar-refractivity contribution in [2.24, 2.45) is 0 Å². The van der Waals surface area contributed by atoms with Crippen LogP contribution in [0.1, 0.15) is 23.2 Å². The summed E-state index contributed by atoms with van der Waals surface area (Å²) in [7, 11) is 0. The number of anilines is 1. The number of carboxylic acid groups (broad SMARTS) is 1. The summed E-state index contributed by atoms with van der Waals surface area (Å²) in [5, 5.41) is 28.8. The van der Waals surface area contributed by atoms with Gasteiger partial charge in [-0.2, -0.15) is 0 Å². The van der Waals surface area contributed by atoms with E-state index >= 15 is 0 Å². The summed E-state index contributed by atoms with van der Waals surface area (Å²) in [5.74, 6) is -1.09. The number of pyridine rings is 1. The van der Waals surface area contributed by atoms with Gasteiger partial charge in [0.05, 0.1) is 11.5 Å². The van der Waals surface area contributed by atoms with E-state index in [-0.39, 0.29) is 36.3 Å². The quantitative estimate of drug-likeness (QED) is 0.574. The van der Waals surface area contributed by atoms with Crippen molar-refractivity contribution in [3.05, 3.63) is 27.9 Å². The van der Waals surface area contributed by atoms with Gasteiger partial charge in [-0.15, -0.1) is 0 Å². The number of nitro groups is 1. The molecule has 0 unspecified atom stereocenters. The molecule has 1 aliphatic carbocycles. The van der Waals surface area contributed by atoms with Crippen molar-refractivity contribution in [2.75, 3.05) is 18.1 Å². The predicted octanol–water partition coefficient (Wildman–Crippen LogP) is 0.649. The van der Waals surface area contributed by atoms with Crippen LogP contribution in [0.5, 0.6) is 0 Å². The minimum atomic E-state index is -1.27. The van der Waals surface area contributed by atoms with Crippen molar-refractivity contribution in [3.8, 4) is 0 Å². The summed E-state index contributed by atoms with van der Waals surface area (Å²) >= 11 is 0. The average Bonchev–Trinajstić information content (AvgIpc) is 3.19. The second-order valence-corrected chi connectivity index (χ2v) is 4.28. The largest absolute Gasteiger partial charge is 0.478 e. The van der Waals surface area contributed by atoms with Gasteiger partial charge in [0.2, 0.25) is 0 Å². The first-order valence-corrected chi connectivity index (χ1v) is 5.80. The van der Waals surface area contributed by atoms with Crippen LogP contribution in [0.15, 0.2) is 12.3 Å². The Morgan fingerprint density at radius 2 is 2.26 bits per heavy atom. The molecule has 8 nitrogen and oxygen atoms in total. The number of aliphatic hydroxyl groups is 1. The third-order valence-corrected chi connectivity index (χ3v) is 2.89. The molecule has 19 heavy (non-hydrogen) atoms. The second kappa shape index (κ2) is 5.19. The highest BCUT2D eigenvalue weighted by atomic mass is 16.6. The summed E-state index contributed by atoms with van der Waals surface area (Å²) in [6.45, 7) is 0.129. The van der Waals surface area contributed by atoms with E-state index in [1.807, 2.05) is 0 Å².